The van der Waals surface area contributed by atoms with Crippen LogP contribution in [0.25, 0.3) is 0 Å². The Morgan fingerprint density at radius 1 is 0.900 bits per heavy atom. The first-order valence-corrected chi connectivity index (χ1v) is 9.83. The largest absolute Gasteiger partial charge is 0.484 e. The zero-order valence-electron chi connectivity index (χ0n) is 16.8. The minimum absolute atomic E-state index is 0.155. The molecule has 8 heteroatoms. The summed E-state index contributed by atoms with van der Waals surface area (Å²) in [7, 11) is 0. The summed E-state index contributed by atoms with van der Waals surface area (Å²) in [6.07, 6.45) is -3.72. The van der Waals surface area contributed by atoms with Crippen LogP contribution >= 0.6 is 0 Å². The van der Waals surface area contributed by atoms with Gasteiger partial charge in [0.05, 0.1) is 6.54 Å². The molecule has 1 saturated heterocycles. The number of amides is 1. The van der Waals surface area contributed by atoms with Crippen molar-refractivity contribution in [1.29, 1.82) is 0 Å². The van der Waals surface area contributed by atoms with Gasteiger partial charge in [0.2, 0.25) is 0 Å². The number of carbonyl (C=O) groups is 1. The van der Waals surface area contributed by atoms with Crippen LogP contribution < -0.4 is 9.47 Å². The number of ether oxygens (including phenoxy) is 2. The molecular formula is C22H25F3N2O3. The number of hydrogen-bond acceptors (Lipinski definition) is 4. The third-order valence-corrected chi connectivity index (χ3v) is 4.79. The van der Waals surface area contributed by atoms with Crippen molar-refractivity contribution in [2.24, 2.45) is 0 Å². The van der Waals surface area contributed by atoms with Crippen molar-refractivity contribution in [3.63, 3.8) is 0 Å². The van der Waals surface area contributed by atoms with E-state index in [0.29, 0.717) is 31.0 Å². The van der Waals surface area contributed by atoms with E-state index in [1.807, 2.05) is 31.2 Å². The molecule has 2 aromatic carbocycles. The molecule has 0 bridgehead atoms. The maximum absolute atomic E-state index is 12.6. The number of aryl methyl sites for hydroxylation is 1. The Labute approximate surface area is 174 Å². The summed E-state index contributed by atoms with van der Waals surface area (Å²) in [4.78, 5) is 15.3. The van der Waals surface area contributed by atoms with Crippen molar-refractivity contribution < 1.29 is 27.4 Å². The van der Waals surface area contributed by atoms with Gasteiger partial charge >= 0.3 is 6.18 Å². The number of hydrogen-bond donors (Lipinski definition) is 0. The number of halogens is 3. The number of nitrogens with zero attached hydrogens (tertiary/aromatic N) is 2. The lowest BCUT2D eigenvalue weighted by Gasteiger charge is -2.22. The van der Waals surface area contributed by atoms with Crippen LogP contribution in [0.1, 0.15) is 12.0 Å². The van der Waals surface area contributed by atoms with Gasteiger partial charge in [0.25, 0.3) is 5.91 Å². The molecule has 0 N–H and O–H groups in total. The van der Waals surface area contributed by atoms with Gasteiger partial charge in [-0.2, -0.15) is 13.2 Å². The van der Waals surface area contributed by atoms with Gasteiger partial charge in [-0.15, -0.1) is 0 Å². The number of carbonyl (C=O) groups excluding carboxylic acids is 1. The minimum atomic E-state index is -4.22. The predicted molar refractivity (Wildman–Crippen MR) is 107 cm³/mol. The summed E-state index contributed by atoms with van der Waals surface area (Å²) in [5.74, 6) is 1.66. The fourth-order valence-corrected chi connectivity index (χ4v) is 3.21. The van der Waals surface area contributed by atoms with Crippen LogP contribution in [0.15, 0.2) is 48.5 Å². The molecule has 5 nitrogen and oxygen atoms in total. The molecule has 3 rings (SSSR count). The van der Waals surface area contributed by atoms with Gasteiger partial charge in [0, 0.05) is 26.2 Å². The van der Waals surface area contributed by atoms with E-state index >= 15 is 0 Å². The van der Waals surface area contributed by atoms with Crippen molar-refractivity contribution in [2.75, 3.05) is 39.3 Å². The van der Waals surface area contributed by atoms with Crippen LogP contribution in [0.5, 0.6) is 17.2 Å². The molecule has 0 aliphatic carbocycles. The van der Waals surface area contributed by atoms with Crippen LogP contribution in [0.3, 0.4) is 0 Å². The maximum Gasteiger partial charge on any atom is 0.401 e. The highest BCUT2D eigenvalue weighted by Gasteiger charge is 2.31. The monoisotopic (exact) mass is 422 g/mol. The predicted octanol–water partition coefficient (Wildman–Crippen LogP) is 4.26. The maximum atomic E-state index is 12.6. The first kappa shape index (κ1) is 22.0. The average molecular weight is 422 g/mol. The van der Waals surface area contributed by atoms with Crippen molar-refractivity contribution in [2.45, 2.75) is 19.5 Å². The zero-order valence-corrected chi connectivity index (χ0v) is 16.8. The standard InChI is InChI=1S/C22H25F3N2O3/c1-17-3-5-19(6-4-17)30-20-9-7-18(8-10-20)29-15-21(28)27-12-2-11-26(13-14-27)16-22(23,24)25/h3-10H,2,11-16H2,1H3. The molecule has 0 saturated carbocycles. The zero-order chi connectivity index (χ0) is 21.6. The third kappa shape index (κ3) is 6.95. The first-order chi connectivity index (χ1) is 14.3. The van der Waals surface area contributed by atoms with E-state index in [2.05, 4.69) is 0 Å². The van der Waals surface area contributed by atoms with Gasteiger partial charge < -0.3 is 14.4 Å². The van der Waals surface area contributed by atoms with Crippen LogP contribution in [0.4, 0.5) is 13.2 Å². The Hall–Kier alpha value is -2.74. The first-order valence-electron chi connectivity index (χ1n) is 9.83. The van der Waals surface area contributed by atoms with Gasteiger partial charge in [-0.05, 0) is 49.7 Å². The fourth-order valence-electron chi connectivity index (χ4n) is 3.21. The van der Waals surface area contributed by atoms with E-state index in [9.17, 15) is 18.0 Å². The number of rotatable bonds is 6. The van der Waals surface area contributed by atoms with E-state index in [1.165, 1.54) is 4.90 Å². The molecular weight excluding hydrogens is 397 g/mol. The van der Waals surface area contributed by atoms with Crippen LogP contribution in [-0.2, 0) is 4.79 Å². The van der Waals surface area contributed by atoms with Crippen molar-refractivity contribution in [3.05, 3.63) is 54.1 Å². The Kier molecular flexibility index (Phi) is 7.20. The highest BCUT2D eigenvalue weighted by molar-refractivity contribution is 5.77. The second kappa shape index (κ2) is 9.84. The molecule has 30 heavy (non-hydrogen) atoms. The topological polar surface area (TPSA) is 42.0 Å². The Morgan fingerprint density at radius 2 is 1.50 bits per heavy atom. The summed E-state index contributed by atoms with van der Waals surface area (Å²) in [6.45, 7) is 2.13. The molecule has 1 heterocycles. The van der Waals surface area contributed by atoms with Gasteiger partial charge in [0.15, 0.2) is 6.61 Å². The molecule has 0 radical (unpaired) electrons. The van der Waals surface area contributed by atoms with Gasteiger partial charge in [-0.25, -0.2) is 0 Å². The van der Waals surface area contributed by atoms with E-state index in [1.54, 1.807) is 29.2 Å². The lowest BCUT2D eigenvalue weighted by molar-refractivity contribution is -0.145. The Balaban J connectivity index is 1.45. The summed E-state index contributed by atoms with van der Waals surface area (Å²) < 4.78 is 49.0. The summed E-state index contributed by atoms with van der Waals surface area (Å²) in [5, 5.41) is 0. The number of alkyl halides is 3. The van der Waals surface area contributed by atoms with Crippen LogP contribution in [-0.4, -0.2) is 61.2 Å². The van der Waals surface area contributed by atoms with Crippen molar-refractivity contribution in [1.82, 2.24) is 9.80 Å². The smallest absolute Gasteiger partial charge is 0.401 e. The van der Waals surface area contributed by atoms with Crippen molar-refractivity contribution >= 4 is 5.91 Å². The quantitative estimate of drug-likeness (QED) is 0.698. The highest BCUT2D eigenvalue weighted by atomic mass is 19.4. The molecule has 1 amide bonds. The summed E-state index contributed by atoms with van der Waals surface area (Å²) in [6, 6.07) is 14.6. The number of benzene rings is 2. The second-order valence-corrected chi connectivity index (χ2v) is 7.30. The van der Waals surface area contributed by atoms with E-state index in [-0.39, 0.29) is 25.6 Å². The Bertz CT molecular complexity index is 823. The molecule has 1 fully saturated rings. The minimum Gasteiger partial charge on any atom is -0.484 e. The summed E-state index contributed by atoms with van der Waals surface area (Å²) in [5.41, 5.74) is 1.15. The molecule has 0 unspecified atom stereocenters. The summed E-state index contributed by atoms with van der Waals surface area (Å²) >= 11 is 0. The van der Waals surface area contributed by atoms with Gasteiger partial charge in [-0.1, -0.05) is 17.7 Å². The van der Waals surface area contributed by atoms with Crippen LogP contribution in [0, 0.1) is 6.92 Å². The second-order valence-electron chi connectivity index (χ2n) is 7.30. The lowest BCUT2D eigenvalue weighted by Crippen LogP contribution is -2.40. The van der Waals surface area contributed by atoms with Crippen molar-refractivity contribution in [3.8, 4) is 17.2 Å². The molecule has 0 aromatic heterocycles. The fraction of sp³-hybridized carbons (Fsp3) is 0.409. The van der Waals surface area contributed by atoms with Gasteiger partial charge in [0.1, 0.15) is 17.2 Å². The molecule has 162 valence electrons. The highest BCUT2D eigenvalue weighted by Crippen LogP contribution is 2.24. The normalized spacial score (nSPS) is 15.5. The molecule has 2 aromatic rings. The lowest BCUT2D eigenvalue weighted by atomic mass is 10.2. The van der Waals surface area contributed by atoms with Gasteiger partial charge in [-0.3, -0.25) is 9.69 Å². The van der Waals surface area contributed by atoms with E-state index in [4.69, 9.17) is 9.47 Å². The third-order valence-electron chi connectivity index (χ3n) is 4.79. The van der Waals surface area contributed by atoms with E-state index < -0.39 is 12.7 Å². The molecule has 0 spiro atoms. The van der Waals surface area contributed by atoms with Crippen LogP contribution in [0.2, 0.25) is 0 Å². The SMILES string of the molecule is Cc1ccc(Oc2ccc(OCC(=O)N3CCCN(CC(F)(F)F)CC3)cc2)cc1. The Morgan fingerprint density at radius 3 is 2.13 bits per heavy atom. The molecule has 0 atom stereocenters. The molecule has 1 aliphatic heterocycles. The van der Waals surface area contributed by atoms with E-state index in [0.717, 1.165) is 11.3 Å². The molecule has 1 aliphatic rings. The average Bonchev–Trinajstić information content (AvgIpc) is 2.93.